The van der Waals surface area contributed by atoms with Crippen molar-refractivity contribution < 1.29 is 14.5 Å². The molecule has 2 N–H and O–H groups in total. The maximum absolute atomic E-state index is 11.8. The molecule has 0 aliphatic carbocycles. The van der Waals surface area contributed by atoms with Crippen molar-refractivity contribution in [2.75, 3.05) is 12.4 Å². The first-order chi connectivity index (χ1) is 11.5. The van der Waals surface area contributed by atoms with Crippen molar-refractivity contribution in [3.8, 4) is 5.75 Å². The molecule has 0 fully saturated rings. The van der Waals surface area contributed by atoms with Crippen molar-refractivity contribution in [1.29, 1.82) is 0 Å². The fourth-order valence-electron chi connectivity index (χ4n) is 1.84. The number of urea groups is 1. The Morgan fingerprint density at radius 3 is 2.79 bits per heavy atom. The first-order valence-corrected chi connectivity index (χ1v) is 7.19. The Balaban J connectivity index is 1.99. The van der Waals surface area contributed by atoms with E-state index >= 15 is 0 Å². The van der Waals surface area contributed by atoms with E-state index in [9.17, 15) is 14.9 Å². The molecule has 0 heterocycles. The molecule has 2 amide bonds. The summed E-state index contributed by atoms with van der Waals surface area (Å²) in [5.74, 6) is 0.699. The number of hydrogen-bond donors (Lipinski definition) is 2. The second-order valence-electron chi connectivity index (χ2n) is 4.63. The maximum atomic E-state index is 11.8. The van der Waals surface area contributed by atoms with E-state index in [0.29, 0.717) is 5.75 Å². The molecule has 0 aliphatic rings. The molecule has 0 saturated carbocycles. The molecule has 0 atom stereocenters. The molecular formula is C16H14ClN3O4. The van der Waals surface area contributed by atoms with Gasteiger partial charge in [0.25, 0.3) is 5.69 Å². The number of rotatable bonds is 5. The summed E-state index contributed by atoms with van der Waals surface area (Å²) in [5, 5.41) is 15.9. The van der Waals surface area contributed by atoms with Crippen molar-refractivity contribution in [1.82, 2.24) is 5.32 Å². The lowest BCUT2D eigenvalue weighted by atomic mass is 10.2. The quantitative estimate of drug-likeness (QED) is 0.630. The molecule has 0 bridgehead atoms. The van der Waals surface area contributed by atoms with Crippen LogP contribution in [0.4, 0.5) is 16.2 Å². The highest BCUT2D eigenvalue weighted by Crippen LogP contribution is 2.26. The predicted octanol–water partition coefficient (Wildman–Crippen LogP) is 4.05. The number of ether oxygens (including phenoxy) is 1. The highest BCUT2D eigenvalue weighted by Gasteiger charge is 2.11. The third-order valence-corrected chi connectivity index (χ3v) is 3.32. The van der Waals surface area contributed by atoms with Crippen LogP contribution in [0, 0.1) is 10.1 Å². The summed E-state index contributed by atoms with van der Waals surface area (Å²) in [5.41, 5.74) is 0.822. The van der Waals surface area contributed by atoms with Crippen molar-refractivity contribution >= 4 is 35.1 Å². The summed E-state index contributed by atoms with van der Waals surface area (Å²) in [4.78, 5) is 22.0. The average molecular weight is 348 g/mol. The van der Waals surface area contributed by atoms with Gasteiger partial charge in [-0.15, -0.1) is 0 Å². The van der Waals surface area contributed by atoms with Crippen LogP contribution in [0.2, 0.25) is 5.02 Å². The number of non-ortho nitro benzene ring substituents is 1. The molecular weight excluding hydrogens is 334 g/mol. The third kappa shape index (κ3) is 4.72. The lowest BCUT2D eigenvalue weighted by Crippen LogP contribution is -2.23. The van der Waals surface area contributed by atoms with E-state index in [1.807, 2.05) is 18.2 Å². The Hall–Kier alpha value is -3.06. The summed E-state index contributed by atoms with van der Waals surface area (Å²) in [6.07, 6.45) is 3.12. The monoisotopic (exact) mass is 347 g/mol. The molecule has 24 heavy (non-hydrogen) atoms. The first-order valence-electron chi connectivity index (χ1n) is 6.81. The minimum Gasteiger partial charge on any atom is -0.497 e. The van der Waals surface area contributed by atoms with E-state index in [0.717, 1.165) is 5.56 Å². The summed E-state index contributed by atoms with van der Waals surface area (Å²) in [6, 6.07) is 10.5. The summed E-state index contributed by atoms with van der Waals surface area (Å²) in [6.45, 7) is 0. The second kappa shape index (κ2) is 7.98. The van der Waals surface area contributed by atoms with Crippen LogP contribution < -0.4 is 15.4 Å². The zero-order valence-corrected chi connectivity index (χ0v) is 13.4. The van der Waals surface area contributed by atoms with Gasteiger partial charge in [-0.3, -0.25) is 10.1 Å². The van der Waals surface area contributed by atoms with Gasteiger partial charge in [0.05, 0.1) is 22.7 Å². The van der Waals surface area contributed by atoms with Crippen LogP contribution in [0.1, 0.15) is 5.56 Å². The number of nitrogens with zero attached hydrogens (tertiary/aromatic N) is 1. The van der Waals surface area contributed by atoms with Gasteiger partial charge in [-0.05, 0) is 29.8 Å². The molecule has 0 aromatic heterocycles. The van der Waals surface area contributed by atoms with E-state index in [1.54, 1.807) is 19.3 Å². The molecule has 8 heteroatoms. The van der Waals surface area contributed by atoms with Gasteiger partial charge in [-0.1, -0.05) is 23.7 Å². The van der Waals surface area contributed by atoms with Crippen molar-refractivity contribution in [3.05, 3.63) is 69.4 Å². The number of halogens is 1. The van der Waals surface area contributed by atoms with Gasteiger partial charge in [0, 0.05) is 18.3 Å². The Kier molecular flexibility index (Phi) is 5.75. The van der Waals surface area contributed by atoms with Crippen molar-refractivity contribution in [3.63, 3.8) is 0 Å². The van der Waals surface area contributed by atoms with Gasteiger partial charge in [0.1, 0.15) is 5.75 Å². The van der Waals surface area contributed by atoms with Crippen molar-refractivity contribution in [2.45, 2.75) is 0 Å². The average Bonchev–Trinajstić information content (AvgIpc) is 2.57. The van der Waals surface area contributed by atoms with Gasteiger partial charge >= 0.3 is 6.03 Å². The molecule has 0 aliphatic heterocycles. The Morgan fingerprint density at radius 2 is 2.08 bits per heavy atom. The zero-order valence-electron chi connectivity index (χ0n) is 12.7. The normalized spacial score (nSPS) is 10.4. The van der Waals surface area contributed by atoms with Crippen LogP contribution in [-0.2, 0) is 0 Å². The molecule has 2 aromatic carbocycles. The maximum Gasteiger partial charge on any atom is 0.323 e. The molecule has 0 spiro atoms. The van der Waals surface area contributed by atoms with Crippen LogP contribution in [0.5, 0.6) is 5.75 Å². The predicted molar refractivity (Wildman–Crippen MR) is 92.3 cm³/mol. The highest BCUT2D eigenvalue weighted by atomic mass is 35.5. The van der Waals surface area contributed by atoms with Crippen LogP contribution in [0.15, 0.2) is 48.7 Å². The summed E-state index contributed by atoms with van der Waals surface area (Å²) < 4.78 is 5.10. The Bertz CT molecular complexity index is 793. The van der Waals surface area contributed by atoms with Crippen LogP contribution in [0.3, 0.4) is 0 Å². The molecule has 2 aromatic rings. The SMILES string of the molecule is COc1cccc(/C=C/NC(=O)Nc2cc([N+](=O)[O-])ccc2Cl)c1. The molecule has 0 radical (unpaired) electrons. The van der Waals surface area contributed by atoms with E-state index in [4.69, 9.17) is 16.3 Å². The topological polar surface area (TPSA) is 93.5 Å². The van der Waals surface area contributed by atoms with E-state index in [-0.39, 0.29) is 16.4 Å². The van der Waals surface area contributed by atoms with E-state index in [1.165, 1.54) is 24.4 Å². The van der Waals surface area contributed by atoms with Crippen molar-refractivity contribution in [2.24, 2.45) is 0 Å². The van der Waals surface area contributed by atoms with Crippen LogP contribution >= 0.6 is 11.6 Å². The number of methoxy groups -OCH3 is 1. The fraction of sp³-hybridized carbons (Fsp3) is 0.0625. The van der Waals surface area contributed by atoms with Gasteiger partial charge < -0.3 is 15.4 Å². The lowest BCUT2D eigenvalue weighted by Gasteiger charge is -2.06. The van der Waals surface area contributed by atoms with Gasteiger partial charge in [-0.2, -0.15) is 0 Å². The molecule has 0 saturated heterocycles. The zero-order chi connectivity index (χ0) is 17.5. The van der Waals surface area contributed by atoms with Crippen LogP contribution in [-0.4, -0.2) is 18.1 Å². The number of nitro groups is 1. The summed E-state index contributed by atoms with van der Waals surface area (Å²) >= 11 is 5.91. The molecule has 124 valence electrons. The lowest BCUT2D eigenvalue weighted by molar-refractivity contribution is -0.384. The highest BCUT2D eigenvalue weighted by molar-refractivity contribution is 6.33. The minimum absolute atomic E-state index is 0.151. The molecule has 2 rings (SSSR count). The third-order valence-electron chi connectivity index (χ3n) is 2.99. The largest absolute Gasteiger partial charge is 0.497 e. The Labute approximate surface area is 143 Å². The second-order valence-corrected chi connectivity index (χ2v) is 5.04. The number of amides is 2. The van der Waals surface area contributed by atoms with Gasteiger partial charge in [0.15, 0.2) is 0 Å². The number of carbonyl (C=O) groups excluding carboxylic acids is 1. The van der Waals surface area contributed by atoms with E-state index < -0.39 is 11.0 Å². The number of hydrogen-bond acceptors (Lipinski definition) is 4. The Morgan fingerprint density at radius 1 is 1.29 bits per heavy atom. The number of nitrogens with one attached hydrogen (secondary N) is 2. The van der Waals surface area contributed by atoms with Gasteiger partial charge in [0.2, 0.25) is 0 Å². The number of benzene rings is 2. The minimum atomic E-state index is -0.573. The number of anilines is 1. The van der Waals surface area contributed by atoms with Gasteiger partial charge in [-0.25, -0.2) is 4.79 Å². The molecule has 0 unspecified atom stereocenters. The fourth-order valence-corrected chi connectivity index (χ4v) is 2.00. The number of nitro benzene ring substituents is 1. The standard InChI is InChI=1S/C16H14ClN3O4/c1-24-13-4-2-3-11(9-13)7-8-18-16(21)19-15-10-12(20(22)23)5-6-14(15)17/h2-10H,1H3,(H2,18,19,21)/b8-7+. The number of carbonyl (C=O) groups is 1. The summed E-state index contributed by atoms with van der Waals surface area (Å²) in [7, 11) is 1.57. The van der Waals surface area contributed by atoms with E-state index in [2.05, 4.69) is 10.6 Å². The van der Waals surface area contributed by atoms with Crippen LogP contribution in [0.25, 0.3) is 6.08 Å². The smallest absolute Gasteiger partial charge is 0.323 e. The molecule has 7 nitrogen and oxygen atoms in total. The first kappa shape index (κ1) is 17.3.